The van der Waals surface area contributed by atoms with Crippen LogP contribution in [-0.4, -0.2) is 26.4 Å². The molecule has 0 aliphatic carbocycles. The van der Waals surface area contributed by atoms with Gasteiger partial charge in [0.05, 0.1) is 6.73 Å². The van der Waals surface area contributed by atoms with Gasteiger partial charge in [-0.1, -0.05) is 13.8 Å². The van der Waals surface area contributed by atoms with Crippen LogP contribution in [0.15, 0.2) is 0 Å². The Kier molecular flexibility index (Phi) is 20.0. The number of hydrogen-bond donors (Lipinski definition) is 2. The molecular weight excluding hydrogens is 128 g/mol. The Balaban J connectivity index is 0. The molecule has 0 aromatic heterocycles. The van der Waals surface area contributed by atoms with E-state index in [4.69, 9.17) is 5.73 Å². The van der Waals surface area contributed by atoms with E-state index < -0.39 is 0 Å². The van der Waals surface area contributed by atoms with Crippen molar-refractivity contribution in [2.24, 2.45) is 5.73 Å². The van der Waals surface area contributed by atoms with Gasteiger partial charge in [-0.15, -0.1) is 0 Å². The molecule has 0 amide bonds. The normalized spacial score (nSPS) is 8.40. The molecule has 0 spiro atoms. The fraction of sp³-hybridized carbons (Fsp3) is 1.00. The fourth-order valence-electron chi connectivity index (χ4n) is 0.368. The summed E-state index contributed by atoms with van der Waals surface area (Å²) in [7, 11) is 0. The van der Waals surface area contributed by atoms with E-state index in [2.05, 4.69) is 23.9 Å². The number of ether oxygens (including phenoxy) is 1. The third kappa shape index (κ3) is 24.8. The van der Waals surface area contributed by atoms with Gasteiger partial charge < -0.3 is 15.8 Å². The van der Waals surface area contributed by atoms with Crippen molar-refractivity contribution >= 4 is 0 Å². The molecule has 0 saturated carbocycles. The minimum absolute atomic E-state index is 0.344. The van der Waals surface area contributed by atoms with Crippen LogP contribution in [0.1, 0.15) is 20.8 Å². The van der Waals surface area contributed by atoms with Crippen LogP contribution in [0.5, 0.6) is 0 Å². The molecule has 0 fully saturated rings. The Morgan fingerprint density at radius 1 is 1.20 bits per heavy atom. The lowest BCUT2D eigenvalue weighted by Gasteiger charge is -1.86. The van der Waals surface area contributed by atoms with E-state index in [1.165, 1.54) is 0 Å². The van der Waals surface area contributed by atoms with E-state index in [1.54, 1.807) is 0 Å². The van der Waals surface area contributed by atoms with E-state index in [0.717, 1.165) is 19.7 Å². The molecule has 0 aromatic rings. The van der Waals surface area contributed by atoms with Gasteiger partial charge in [0.1, 0.15) is 0 Å². The zero-order valence-electron chi connectivity index (χ0n) is 7.31. The maximum absolute atomic E-state index is 4.92. The Bertz CT molecular complexity index is 32.6. The predicted molar refractivity (Wildman–Crippen MR) is 44.9 cm³/mol. The van der Waals surface area contributed by atoms with Crippen LogP contribution in [0.25, 0.3) is 0 Å². The Morgan fingerprint density at radius 3 is 1.70 bits per heavy atom. The molecule has 0 saturated heterocycles. The minimum Gasteiger partial charge on any atom is -0.367 e. The smallest absolute Gasteiger partial charge is 0.0940 e. The second-order valence-corrected chi connectivity index (χ2v) is 1.62. The minimum atomic E-state index is 0.344. The summed E-state index contributed by atoms with van der Waals surface area (Å²) in [6.45, 7) is 9.36. The van der Waals surface area contributed by atoms with Crippen LogP contribution in [0.4, 0.5) is 0 Å². The average Bonchev–Trinajstić information content (AvgIpc) is 1.93. The summed E-state index contributed by atoms with van der Waals surface area (Å²) >= 11 is 0. The molecule has 0 aliphatic rings. The summed E-state index contributed by atoms with van der Waals surface area (Å²) in [5, 5.41) is 3.11. The SMILES string of the molecule is CCNCC.CCOCN. The van der Waals surface area contributed by atoms with Gasteiger partial charge in [-0.3, -0.25) is 0 Å². The van der Waals surface area contributed by atoms with E-state index in [0.29, 0.717) is 6.73 Å². The molecule has 0 bridgehead atoms. The third-order valence-corrected chi connectivity index (χ3v) is 0.822. The van der Waals surface area contributed by atoms with Crippen molar-refractivity contribution in [3.8, 4) is 0 Å². The molecular formula is C7H20N2O. The van der Waals surface area contributed by atoms with E-state index in [1.807, 2.05) is 6.92 Å². The predicted octanol–water partition coefficient (Wildman–Crippen LogP) is 0.555. The van der Waals surface area contributed by atoms with Gasteiger partial charge in [0.2, 0.25) is 0 Å². The summed E-state index contributed by atoms with van der Waals surface area (Å²) in [6, 6.07) is 0. The molecule has 0 rings (SSSR count). The van der Waals surface area contributed by atoms with Gasteiger partial charge in [0.25, 0.3) is 0 Å². The van der Waals surface area contributed by atoms with Crippen LogP contribution in [0.2, 0.25) is 0 Å². The van der Waals surface area contributed by atoms with Crippen molar-refractivity contribution in [2.75, 3.05) is 26.4 Å². The van der Waals surface area contributed by atoms with E-state index in [9.17, 15) is 0 Å². The average molecular weight is 148 g/mol. The lowest BCUT2D eigenvalue weighted by atomic mass is 10.7. The first-order chi connectivity index (χ1) is 4.83. The quantitative estimate of drug-likeness (QED) is 0.572. The first kappa shape index (κ1) is 12.5. The van der Waals surface area contributed by atoms with Crippen LogP contribution in [0, 0.1) is 0 Å². The summed E-state index contributed by atoms with van der Waals surface area (Å²) in [5.41, 5.74) is 4.92. The number of nitrogens with one attached hydrogen (secondary N) is 1. The number of hydrogen-bond acceptors (Lipinski definition) is 3. The molecule has 0 atom stereocenters. The monoisotopic (exact) mass is 148 g/mol. The van der Waals surface area contributed by atoms with Gasteiger partial charge in [0.15, 0.2) is 0 Å². The Morgan fingerprint density at radius 2 is 1.70 bits per heavy atom. The molecule has 10 heavy (non-hydrogen) atoms. The zero-order valence-corrected chi connectivity index (χ0v) is 7.31. The molecule has 0 unspecified atom stereocenters. The van der Waals surface area contributed by atoms with Crippen molar-refractivity contribution in [3.05, 3.63) is 0 Å². The van der Waals surface area contributed by atoms with Crippen LogP contribution in [0.3, 0.4) is 0 Å². The molecule has 0 radical (unpaired) electrons. The fourth-order valence-corrected chi connectivity index (χ4v) is 0.368. The van der Waals surface area contributed by atoms with Crippen LogP contribution < -0.4 is 11.1 Å². The Hall–Kier alpha value is -0.120. The third-order valence-electron chi connectivity index (χ3n) is 0.822. The maximum atomic E-state index is 4.92. The second-order valence-electron chi connectivity index (χ2n) is 1.62. The lowest BCUT2D eigenvalue weighted by molar-refractivity contribution is 0.155. The van der Waals surface area contributed by atoms with Crippen molar-refractivity contribution in [3.63, 3.8) is 0 Å². The summed E-state index contributed by atoms with van der Waals surface area (Å²) in [6.07, 6.45) is 0. The van der Waals surface area contributed by atoms with Crippen molar-refractivity contribution in [1.29, 1.82) is 0 Å². The number of rotatable bonds is 4. The molecule has 64 valence electrons. The first-order valence-electron chi connectivity index (χ1n) is 3.81. The molecule has 3 nitrogen and oxygen atoms in total. The largest absolute Gasteiger partial charge is 0.367 e. The zero-order chi connectivity index (χ0) is 8.24. The summed E-state index contributed by atoms with van der Waals surface area (Å²) in [4.78, 5) is 0. The van der Waals surface area contributed by atoms with Crippen molar-refractivity contribution < 1.29 is 4.74 Å². The first-order valence-corrected chi connectivity index (χ1v) is 3.81. The molecule has 0 aromatic carbocycles. The van der Waals surface area contributed by atoms with Crippen molar-refractivity contribution in [1.82, 2.24) is 5.32 Å². The second kappa shape index (κ2) is 15.9. The summed E-state index contributed by atoms with van der Waals surface area (Å²) < 4.78 is 4.61. The Labute approximate surface area is 63.9 Å². The lowest BCUT2D eigenvalue weighted by Crippen LogP contribution is -2.09. The van der Waals surface area contributed by atoms with Crippen molar-refractivity contribution in [2.45, 2.75) is 20.8 Å². The van der Waals surface area contributed by atoms with Gasteiger partial charge in [-0.2, -0.15) is 0 Å². The highest BCUT2D eigenvalue weighted by molar-refractivity contribution is 4.27. The van der Waals surface area contributed by atoms with Crippen LogP contribution >= 0.6 is 0 Å². The highest BCUT2D eigenvalue weighted by Gasteiger charge is 1.63. The van der Waals surface area contributed by atoms with Gasteiger partial charge in [0, 0.05) is 6.61 Å². The molecule has 0 aliphatic heterocycles. The standard InChI is InChI=1S/C4H11N.C3H9NO/c1-3-5-4-2;1-2-5-3-4/h5H,3-4H2,1-2H3;2-4H2,1H3. The van der Waals surface area contributed by atoms with E-state index >= 15 is 0 Å². The van der Waals surface area contributed by atoms with Gasteiger partial charge in [-0.25, -0.2) is 0 Å². The van der Waals surface area contributed by atoms with Crippen LogP contribution in [-0.2, 0) is 4.74 Å². The summed E-state index contributed by atoms with van der Waals surface area (Å²) in [5.74, 6) is 0. The van der Waals surface area contributed by atoms with E-state index in [-0.39, 0.29) is 0 Å². The molecule has 0 heterocycles. The molecule has 3 heteroatoms. The van der Waals surface area contributed by atoms with Gasteiger partial charge >= 0.3 is 0 Å². The topological polar surface area (TPSA) is 47.3 Å². The van der Waals surface area contributed by atoms with Gasteiger partial charge in [-0.05, 0) is 20.0 Å². The molecule has 3 N–H and O–H groups in total. The number of nitrogens with two attached hydrogens (primary N) is 1. The maximum Gasteiger partial charge on any atom is 0.0940 e. The highest BCUT2D eigenvalue weighted by Crippen LogP contribution is 1.58. The highest BCUT2D eigenvalue weighted by atomic mass is 16.5.